The number of rotatable bonds is 8. The summed E-state index contributed by atoms with van der Waals surface area (Å²) in [6.07, 6.45) is 8.77. The van der Waals surface area contributed by atoms with Crippen LogP contribution < -0.4 is 24.6 Å². The van der Waals surface area contributed by atoms with Gasteiger partial charge >= 0.3 is 0 Å². The van der Waals surface area contributed by atoms with E-state index in [9.17, 15) is 8.42 Å². The molecule has 8 rings (SSSR count). The van der Waals surface area contributed by atoms with E-state index in [1.165, 1.54) is 55.9 Å². The Morgan fingerprint density at radius 2 is 1.81 bits per heavy atom. The smallest absolute Gasteiger partial charge is 0.232 e. The summed E-state index contributed by atoms with van der Waals surface area (Å²) in [7, 11) is 0.558. The number of hydrogen-bond acceptors (Lipinski definition) is 10. The molecule has 248 valence electrons. The first-order valence-corrected chi connectivity index (χ1v) is 18.4. The summed E-state index contributed by atoms with van der Waals surface area (Å²) < 4.78 is 32.5. The molecule has 13 heteroatoms. The fourth-order valence-electron chi connectivity index (χ4n) is 7.75. The number of aromatic amines is 1. The Bertz CT molecular complexity index is 1920. The molecule has 2 aromatic carbocycles. The zero-order valence-corrected chi connectivity index (χ0v) is 28.1. The van der Waals surface area contributed by atoms with E-state index in [1.807, 2.05) is 36.5 Å². The average molecular weight is 658 g/mol. The van der Waals surface area contributed by atoms with Gasteiger partial charge in [0.2, 0.25) is 16.0 Å². The first kappa shape index (κ1) is 30.3. The number of piperidine rings is 1. The lowest BCUT2D eigenvalue weighted by atomic mass is 9.99. The molecule has 0 unspecified atom stereocenters. The van der Waals surface area contributed by atoms with Crippen molar-refractivity contribution in [1.82, 2.24) is 24.8 Å². The molecule has 1 aliphatic carbocycles. The van der Waals surface area contributed by atoms with Crippen LogP contribution in [0.5, 0.6) is 5.75 Å². The third kappa shape index (κ3) is 5.63. The lowest BCUT2D eigenvalue weighted by molar-refractivity contribution is 0.0434. The summed E-state index contributed by atoms with van der Waals surface area (Å²) in [5, 5.41) is 7.59. The first-order chi connectivity index (χ1) is 22.7. The number of methoxy groups -OCH3 is 1. The van der Waals surface area contributed by atoms with Gasteiger partial charge < -0.3 is 25.3 Å². The van der Waals surface area contributed by atoms with Gasteiger partial charge in [0.25, 0.3) is 0 Å². The van der Waals surface area contributed by atoms with Gasteiger partial charge in [-0.2, -0.15) is 9.97 Å². The number of nitrogens with one attached hydrogen (secondary N) is 3. The highest BCUT2D eigenvalue weighted by molar-refractivity contribution is 7.92. The van der Waals surface area contributed by atoms with E-state index >= 15 is 0 Å². The molecule has 3 N–H and O–H groups in total. The molecule has 0 amide bonds. The second-order valence-corrected chi connectivity index (χ2v) is 15.4. The number of aromatic nitrogens is 3. The largest absolute Gasteiger partial charge is 0.494 e. The van der Waals surface area contributed by atoms with Crippen molar-refractivity contribution in [3.63, 3.8) is 0 Å². The number of hydrogen-bond donors (Lipinski definition) is 3. The second-order valence-electron chi connectivity index (χ2n) is 13.5. The number of nitrogens with zero attached hydrogens (tertiary/aromatic N) is 6. The Morgan fingerprint density at radius 1 is 0.979 bits per heavy atom. The summed E-state index contributed by atoms with van der Waals surface area (Å²) in [5.41, 5.74) is 5.37. The number of sulfonamides is 1. The van der Waals surface area contributed by atoms with Crippen molar-refractivity contribution in [2.24, 2.45) is 0 Å². The summed E-state index contributed by atoms with van der Waals surface area (Å²) in [6.45, 7) is 6.07. The maximum absolute atomic E-state index is 12.6. The minimum Gasteiger partial charge on any atom is -0.494 e. The fourth-order valence-corrected chi connectivity index (χ4v) is 8.72. The monoisotopic (exact) mass is 657 g/mol. The van der Waals surface area contributed by atoms with Crippen LogP contribution in [0.25, 0.3) is 11.0 Å². The number of piperazine rings is 1. The fraction of sp³-hybridized carbons (Fsp3) is 0.471. The average Bonchev–Trinajstić information content (AvgIpc) is 3.44. The zero-order chi connectivity index (χ0) is 32.3. The summed E-state index contributed by atoms with van der Waals surface area (Å²) in [6, 6.07) is 14.6. The van der Waals surface area contributed by atoms with Crippen LogP contribution in [0.2, 0.25) is 0 Å². The maximum Gasteiger partial charge on any atom is 0.232 e. The molecular weight excluding hydrogens is 615 g/mol. The van der Waals surface area contributed by atoms with Crippen molar-refractivity contribution in [3.05, 3.63) is 54.2 Å². The summed E-state index contributed by atoms with van der Waals surface area (Å²) in [4.78, 5) is 20.6. The normalized spacial score (nSPS) is 20.1. The maximum atomic E-state index is 12.6. The van der Waals surface area contributed by atoms with E-state index in [0.29, 0.717) is 59.1 Å². The van der Waals surface area contributed by atoms with Crippen LogP contribution in [-0.4, -0.2) is 104 Å². The topological polar surface area (TPSA) is 122 Å². The number of benzene rings is 2. The minimum absolute atomic E-state index is 0.391. The molecule has 1 saturated carbocycles. The number of likely N-dealkylation sites (N-methyl/N-ethyl adjacent to an activating group) is 1. The SMILES string of the molecule is COc1cc(N2CCC(N3CCN(C)C4(CC4)C3)CC2)ccc1Nc1nc(Nc2cccc3c2N(S(C)(=O)=O)CC3)c2cc[nH]c2n1. The summed E-state index contributed by atoms with van der Waals surface area (Å²) in [5.74, 6) is 1.68. The molecule has 1 spiro atoms. The third-order valence-corrected chi connectivity index (χ3v) is 11.8. The number of ether oxygens (including phenoxy) is 1. The Kier molecular flexibility index (Phi) is 7.45. The number of para-hydroxylation sites is 1. The molecule has 0 radical (unpaired) electrons. The van der Waals surface area contributed by atoms with Gasteiger partial charge in [-0.3, -0.25) is 14.1 Å². The minimum atomic E-state index is -3.42. The number of anilines is 6. The van der Waals surface area contributed by atoms with Crippen molar-refractivity contribution in [3.8, 4) is 5.75 Å². The molecule has 5 heterocycles. The van der Waals surface area contributed by atoms with E-state index in [2.05, 4.69) is 49.5 Å². The van der Waals surface area contributed by atoms with Gasteiger partial charge in [-0.15, -0.1) is 0 Å². The molecule has 2 aromatic heterocycles. The highest BCUT2D eigenvalue weighted by atomic mass is 32.2. The quantitative estimate of drug-likeness (QED) is 0.249. The van der Waals surface area contributed by atoms with E-state index in [4.69, 9.17) is 14.7 Å². The Hall–Kier alpha value is -4.07. The van der Waals surface area contributed by atoms with Crippen LogP contribution in [-0.2, 0) is 16.4 Å². The van der Waals surface area contributed by atoms with Crippen LogP contribution in [0, 0.1) is 0 Å². The Morgan fingerprint density at radius 3 is 2.57 bits per heavy atom. The molecule has 12 nitrogen and oxygen atoms in total. The number of fused-ring (bicyclic) bond motifs is 2. The molecule has 47 heavy (non-hydrogen) atoms. The van der Waals surface area contributed by atoms with Gasteiger partial charge in [0.05, 0.1) is 35.8 Å². The Balaban J connectivity index is 0.997. The van der Waals surface area contributed by atoms with E-state index in [0.717, 1.165) is 35.4 Å². The van der Waals surface area contributed by atoms with Crippen molar-refractivity contribution < 1.29 is 13.2 Å². The van der Waals surface area contributed by atoms with Crippen molar-refractivity contribution >= 4 is 55.6 Å². The van der Waals surface area contributed by atoms with Crippen LogP contribution in [0.3, 0.4) is 0 Å². The lowest BCUT2D eigenvalue weighted by Crippen LogP contribution is -2.57. The van der Waals surface area contributed by atoms with Crippen molar-refractivity contribution in [2.75, 3.05) is 79.5 Å². The second kappa shape index (κ2) is 11.6. The standard InChI is InChI=1S/C34H43N9O3S/c1-40-19-20-42(22-34(40)13-14-34)24-11-16-41(17-12-24)25-7-8-27(29(21-25)46-2)37-33-38-31-26(9-15-35-31)32(39-33)36-28-6-4-5-23-10-18-43(30(23)28)47(3,44)45/h4-9,15,21,24H,10-14,16-20,22H2,1-3H3,(H3,35,36,37,38,39). The molecule has 4 aliphatic rings. The van der Waals surface area contributed by atoms with E-state index in [-0.39, 0.29) is 0 Å². The predicted molar refractivity (Wildman–Crippen MR) is 187 cm³/mol. The first-order valence-electron chi connectivity index (χ1n) is 16.6. The summed E-state index contributed by atoms with van der Waals surface area (Å²) >= 11 is 0. The van der Waals surface area contributed by atoms with E-state index in [1.54, 1.807) is 7.11 Å². The van der Waals surface area contributed by atoms with Gasteiger partial charge in [-0.05, 0) is 69.0 Å². The van der Waals surface area contributed by atoms with Gasteiger partial charge in [0.1, 0.15) is 17.2 Å². The highest BCUT2D eigenvalue weighted by Crippen LogP contribution is 2.44. The van der Waals surface area contributed by atoms with Crippen molar-refractivity contribution in [2.45, 2.75) is 43.7 Å². The molecule has 2 saturated heterocycles. The van der Waals surface area contributed by atoms with Crippen LogP contribution in [0.4, 0.5) is 34.5 Å². The predicted octanol–water partition coefficient (Wildman–Crippen LogP) is 4.52. The number of H-pyrrole nitrogens is 1. The zero-order valence-electron chi connectivity index (χ0n) is 27.3. The van der Waals surface area contributed by atoms with Crippen molar-refractivity contribution in [1.29, 1.82) is 0 Å². The molecule has 3 fully saturated rings. The van der Waals surface area contributed by atoms with Crippen LogP contribution >= 0.6 is 0 Å². The van der Waals surface area contributed by atoms with Gasteiger partial charge in [0, 0.05) is 68.8 Å². The lowest BCUT2D eigenvalue weighted by Gasteiger charge is -2.46. The molecule has 3 aliphatic heterocycles. The highest BCUT2D eigenvalue weighted by Gasteiger charge is 2.50. The molecule has 4 aromatic rings. The Labute approximate surface area is 276 Å². The van der Waals surface area contributed by atoms with Gasteiger partial charge in [0.15, 0.2) is 0 Å². The molecule has 0 atom stereocenters. The molecular formula is C34H43N9O3S. The van der Waals surface area contributed by atoms with Gasteiger partial charge in [-0.1, -0.05) is 12.1 Å². The van der Waals surface area contributed by atoms with Gasteiger partial charge in [-0.25, -0.2) is 8.42 Å². The molecule has 0 bridgehead atoms. The third-order valence-electron chi connectivity index (χ3n) is 10.7. The van der Waals surface area contributed by atoms with E-state index < -0.39 is 10.0 Å². The van der Waals surface area contributed by atoms with Crippen LogP contribution in [0.1, 0.15) is 31.2 Å². The van der Waals surface area contributed by atoms with Crippen LogP contribution in [0.15, 0.2) is 48.7 Å².